The van der Waals surface area contributed by atoms with Crippen molar-refractivity contribution in [2.75, 3.05) is 11.0 Å². The molecule has 1 aromatic rings. The monoisotopic (exact) mass is 356 g/mol. The number of rotatable bonds is 4. The van der Waals surface area contributed by atoms with Gasteiger partial charge in [0.1, 0.15) is 5.69 Å². The van der Waals surface area contributed by atoms with E-state index in [1.165, 1.54) is 0 Å². The van der Waals surface area contributed by atoms with E-state index in [0.717, 1.165) is 9.83 Å². The molecule has 1 aromatic heterocycles. The van der Waals surface area contributed by atoms with Crippen molar-refractivity contribution in [1.29, 1.82) is 0 Å². The Kier molecular flexibility index (Phi) is 4.36. The molecule has 0 atom stereocenters. The number of ether oxygens (including phenoxy) is 1. The van der Waals surface area contributed by atoms with Gasteiger partial charge in [-0.2, -0.15) is 0 Å². The number of pyridine rings is 1. The van der Waals surface area contributed by atoms with Crippen LogP contribution in [0.4, 0.5) is 5.69 Å². The Hall–Kier alpha value is -0.570. The molecule has 90 valence electrons. The number of halogens is 1. The number of hydrogen-bond donors (Lipinski definition) is 1. The summed E-state index contributed by atoms with van der Waals surface area (Å²) in [7, 11) is -3.33. The normalized spacial score (nSPS) is 11.6. The highest BCUT2D eigenvalue weighted by Gasteiger charge is 2.11. The molecular formula is C9H13IN2O3S. The maximum atomic E-state index is 11.2. The van der Waals surface area contributed by atoms with Crippen LogP contribution >= 0.6 is 22.6 Å². The standard InChI is InChI=1S/C9H13IN2O3S/c1-6(2)15-9-8(12-16(3,13)14)4-7(10)5-11-9/h4-6,12H,1-3H3. The summed E-state index contributed by atoms with van der Waals surface area (Å²) < 4.78 is 30.9. The molecule has 0 radical (unpaired) electrons. The molecular weight excluding hydrogens is 343 g/mol. The Labute approximate surface area is 109 Å². The molecule has 0 aliphatic heterocycles. The van der Waals surface area contributed by atoms with E-state index in [2.05, 4.69) is 32.3 Å². The molecule has 0 saturated carbocycles. The van der Waals surface area contributed by atoms with Crippen LogP contribution in [0.5, 0.6) is 5.88 Å². The lowest BCUT2D eigenvalue weighted by Crippen LogP contribution is -2.14. The highest BCUT2D eigenvalue weighted by molar-refractivity contribution is 14.1. The fourth-order valence-electron chi connectivity index (χ4n) is 1.02. The second-order valence-corrected chi connectivity index (χ2v) is 6.54. The van der Waals surface area contributed by atoms with Crippen LogP contribution in [-0.2, 0) is 10.0 Å². The summed E-state index contributed by atoms with van der Waals surface area (Å²) in [6, 6.07) is 1.67. The molecule has 0 aliphatic rings. The van der Waals surface area contributed by atoms with E-state index >= 15 is 0 Å². The van der Waals surface area contributed by atoms with Crippen molar-refractivity contribution >= 4 is 38.3 Å². The van der Waals surface area contributed by atoms with Crippen LogP contribution in [0.15, 0.2) is 12.3 Å². The summed E-state index contributed by atoms with van der Waals surface area (Å²) in [5, 5.41) is 0. The zero-order chi connectivity index (χ0) is 12.3. The summed E-state index contributed by atoms with van der Waals surface area (Å²) in [5.41, 5.74) is 0.364. The molecule has 0 aliphatic carbocycles. The van der Waals surface area contributed by atoms with Crippen molar-refractivity contribution in [2.45, 2.75) is 20.0 Å². The highest BCUT2D eigenvalue weighted by Crippen LogP contribution is 2.25. The zero-order valence-electron chi connectivity index (χ0n) is 9.19. The van der Waals surface area contributed by atoms with Gasteiger partial charge in [-0.3, -0.25) is 4.72 Å². The minimum Gasteiger partial charge on any atom is -0.473 e. The Morgan fingerprint density at radius 3 is 2.62 bits per heavy atom. The molecule has 0 bridgehead atoms. The summed E-state index contributed by atoms with van der Waals surface area (Å²) >= 11 is 2.05. The summed E-state index contributed by atoms with van der Waals surface area (Å²) in [6.45, 7) is 3.70. The number of anilines is 1. The first-order valence-corrected chi connectivity index (χ1v) is 7.55. The van der Waals surface area contributed by atoms with Crippen molar-refractivity contribution in [3.05, 3.63) is 15.8 Å². The largest absolute Gasteiger partial charge is 0.473 e. The first kappa shape index (κ1) is 13.5. The van der Waals surface area contributed by atoms with E-state index in [1.807, 2.05) is 13.8 Å². The summed E-state index contributed by atoms with van der Waals surface area (Å²) in [6.07, 6.45) is 2.64. The Morgan fingerprint density at radius 1 is 1.50 bits per heavy atom. The van der Waals surface area contributed by atoms with Crippen molar-refractivity contribution in [2.24, 2.45) is 0 Å². The lowest BCUT2D eigenvalue weighted by Gasteiger charge is -2.13. The third-order valence-electron chi connectivity index (χ3n) is 1.46. The maximum Gasteiger partial charge on any atom is 0.238 e. The highest BCUT2D eigenvalue weighted by atomic mass is 127. The third-order valence-corrected chi connectivity index (χ3v) is 2.64. The molecule has 0 unspecified atom stereocenters. The Bertz CT molecular complexity index is 474. The topological polar surface area (TPSA) is 68.3 Å². The maximum absolute atomic E-state index is 11.2. The smallest absolute Gasteiger partial charge is 0.238 e. The average molecular weight is 356 g/mol. The molecule has 0 aromatic carbocycles. The fraction of sp³-hybridized carbons (Fsp3) is 0.444. The van der Waals surface area contributed by atoms with Gasteiger partial charge in [-0.1, -0.05) is 0 Å². The average Bonchev–Trinajstić information content (AvgIpc) is 2.06. The molecule has 1 rings (SSSR count). The van der Waals surface area contributed by atoms with Gasteiger partial charge in [-0.05, 0) is 42.5 Å². The fourth-order valence-corrected chi connectivity index (χ4v) is 2.01. The SMILES string of the molecule is CC(C)Oc1ncc(I)cc1NS(C)(=O)=O. The van der Waals surface area contributed by atoms with E-state index in [1.54, 1.807) is 12.3 Å². The molecule has 7 heteroatoms. The molecule has 0 fully saturated rings. The molecule has 1 N–H and O–H groups in total. The Balaban J connectivity index is 3.08. The number of sulfonamides is 1. The lowest BCUT2D eigenvalue weighted by molar-refractivity contribution is 0.234. The predicted molar refractivity (Wildman–Crippen MR) is 71.2 cm³/mol. The zero-order valence-corrected chi connectivity index (χ0v) is 12.2. The first-order valence-electron chi connectivity index (χ1n) is 4.58. The van der Waals surface area contributed by atoms with Crippen LogP contribution in [-0.4, -0.2) is 25.8 Å². The van der Waals surface area contributed by atoms with Crippen molar-refractivity contribution < 1.29 is 13.2 Å². The van der Waals surface area contributed by atoms with E-state index in [4.69, 9.17) is 4.74 Å². The molecule has 16 heavy (non-hydrogen) atoms. The summed E-state index contributed by atoms with van der Waals surface area (Å²) in [4.78, 5) is 4.05. The third kappa shape index (κ3) is 4.52. The van der Waals surface area contributed by atoms with E-state index in [9.17, 15) is 8.42 Å². The van der Waals surface area contributed by atoms with Gasteiger partial charge in [0.2, 0.25) is 15.9 Å². The van der Waals surface area contributed by atoms with Crippen LogP contribution < -0.4 is 9.46 Å². The molecule has 0 amide bonds. The quantitative estimate of drug-likeness (QED) is 0.836. The number of nitrogens with one attached hydrogen (secondary N) is 1. The van der Waals surface area contributed by atoms with Crippen LogP contribution in [0, 0.1) is 3.57 Å². The van der Waals surface area contributed by atoms with Crippen LogP contribution in [0.2, 0.25) is 0 Å². The number of hydrogen-bond acceptors (Lipinski definition) is 4. The van der Waals surface area contributed by atoms with Gasteiger partial charge in [-0.15, -0.1) is 0 Å². The molecule has 1 heterocycles. The van der Waals surface area contributed by atoms with Crippen LogP contribution in [0.3, 0.4) is 0 Å². The van der Waals surface area contributed by atoms with Crippen molar-refractivity contribution in [3.63, 3.8) is 0 Å². The van der Waals surface area contributed by atoms with E-state index < -0.39 is 10.0 Å². The predicted octanol–water partition coefficient (Wildman–Crippen LogP) is 1.84. The molecule has 5 nitrogen and oxygen atoms in total. The van der Waals surface area contributed by atoms with Crippen molar-refractivity contribution in [3.8, 4) is 5.88 Å². The van der Waals surface area contributed by atoms with Gasteiger partial charge in [0.25, 0.3) is 0 Å². The van der Waals surface area contributed by atoms with Gasteiger partial charge in [0, 0.05) is 9.77 Å². The minimum absolute atomic E-state index is 0.0623. The molecule has 0 saturated heterocycles. The first-order chi connectivity index (χ1) is 7.28. The van der Waals surface area contributed by atoms with Gasteiger partial charge < -0.3 is 4.74 Å². The van der Waals surface area contributed by atoms with Gasteiger partial charge in [0.15, 0.2) is 0 Å². The lowest BCUT2D eigenvalue weighted by atomic mass is 10.4. The summed E-state index contributed by atoms with van der Waals surface area (Å²) in [5.74, 6) is 0.292. The van der Waals surface area contributed by atoms with E-state index in [-0.39, 0.29) is 6.10 Å². The minimum atomic E-state index is -3.33. The van der Waals surface area contributed by atoms with Crippen LogP contribution in [0.25, 0.3) is 0 Å². The Morgan fingerprint density at radius 2 is 2.12 bits per heavy atom. The second kappa shape index (κ2) is 5.17. The van der Waals surface area contributed by atoms with Crippen LogP contribution in [0.1, 0.15) is 13.8 Å². The molecule has 0 spiro atoms. The van der Waals surface area contributed by atoms with Gasteiger partial charge in [-0.25, -0.2) is 13.4 Å². The van der Waals surface area contributed by atoms with Gasteiger partial charge >= 0.3 is 0 Å². The number of aromatic nitrogens is 1. The second-order valence-electron chi connectivity index (χ2n) is 3.55. The number of nitrogens with zero attached hydrogens (tertiary/aromatic N) is 1. The van der Waals surface area contributed by atoms with E-state index in [0.29, 0.717) is 11.6 Å². The van der Waals surface area contributed by atoms with Gasteiger partial charge in [0.05, 0.1) is 12.4 Å². The van der Waals surface area contributed by atoms with Crippen molar-refractivity contribution in [1.82, 2.24) is 4.98 Å².